The standard InChI is InChI=1S/C21H23N3O3/c1-15(2)27-20(25)14-24-18-11-7-6-10-17(18)23-19(24)12-13-22-21(26)16-8-4-3-5-9-16/h3-11,15H,12-14H2,1-2H3,(H,22,26). The van der Waals surface area contributed by atoms with Crippen LogP contribution in [0.5, 0.6) is 0 Å². The zero-order valence-electron chi connectivity index (χ0n) is 15.5. The highest BCUT2D eigenvalue weighted by Crippen LogP contribution is 2.16. The molecule has 3 rings (SSSR count). The second-order valence-corrected chi connectivity index (χ2v) is 6.51. The normalized spacial score (nSPS) is 10.9. The maximum Gasteiger partial charge on any atom is 0.326 e. The van der Waals surface area contributed by atoms with Crippen molar-refractivity contribution in [1.82, 2.24) is 14.9 Å². The molecule has 2 aromatic carbocycles. The predicted octanol–water partition coefficient (Wildman–Crippen LogP) is 2.96. The first-order chi connectivity index (χ1) is 13.0. The lowest BCUT2D eigenvalue weighted by Crippen LogP contribution is -2.27. The number of aromatic nitrogens is 2. The van der Waals surface area contributed by atoms with E-state index in [9.17, 15) is 9.59 Å². The van der Waals surface area contributed by atoms with Crippen molar-refractivity contribution in [3.63, 3.8) is 0 Å². The molecule has 1 heterocycles. The molecule has 140 valence electrons. The van der Waals surface area contributed by atoms with Crippen LogP contribution in [0.4, 0.5) is 0 Å². The number of nitrogens with zero attached hydrogens (tertiary/aromatic N) is 2. The summed E-state index contributed by atoms with van der Waals surface area (Å²) in [6.45, 7) is 4.17. The molecule has 1 amide bonds. The number of esters is 1. The zero-order valence-corrected chi connectivity index (χ0v) is 15.5. The lowest BCUT2D eigenvalue weighted by Gasteiger charge is -2.12. The summed E-state index contributed by atoms with van der Waals surface area (Å²) in [5.74, 6) is 0.311. The van der Waals surface area contributed by atoms with E-state index in [1.54, 1.807) is 12.1 Å². The largest absolute Gasteiger partial charge is 0.462 e. The molecule has 6 heteroatoms. The average Bonchev–Trinajstić information content (AvgIpc) is 2.99. The van der Waals surface area contributed by atoms with Crippen molar-refractivity contribution in [2.75, 3.05) is 6.54 Å². The van der Waals surface area contributed by atoms with Crippen molar-refractivity contribution < 1.29 is 14.3 Å². The molecule has 0 unspecified atom stereocenters. The van der Waals surface area contributed by atoms with Crippen molar-refractivity contribution in [3.05, 3.63) is 66.0 Å². The zero-order chi connectivity index (χ0) is 19.2. The topological polar surface area (TPSA) is 73.2 Å². The monoisotopic (exact) mass is 365 g/mol. The van der Waals surface area contributed by atoms with Gasteiger partial charge >= 0.3 is 5.97 Å². The highest BCUT2D eigenvalue weighted by molar-refractivity contribution is 5.94. The number of para-hydroxylation sites is 2. The van der Waals surface area contributed by atoms with Crippen molar-refractivity contribution in [2.45, 2.75) is 32.9 Å². The van der Waals surface area contributed by atoms with E-state index in [0.29, 0.717) is 18.5 Å². The predicted molar refractivity (Wildman–Crippen MR) is 103 cm³/mol. The number of imidazole rings is 1. The van der Waals surface area contributed by atoms with Crippen LogP contribution < -0.4 is 5.32 Å². The summed E-state index contributed by atoms with van der Waals surface area (Å²) in [6.07, 6.45) is 0.350. The molecular formula is C21H23N3O3. The second-order valence-electron chi connectivity index (χ2n) is 6.51. The number of ether oxygens (including phenoxy) is 1. The SMILES string of the molecule is CC(C)OC(=O)Cn1c(CCNC(=O)c2ccccc2)nc2ccccc21. The fourth-order valence-corrected chi connectivity index (χ4v) is 2.90. The summed E-state index contributed by atoms with van der Waals surface area (Å²) in [6, 6.07) is 16.7. The van der Waals surface area contributed by atoms with Gasteiger partial charge in [-0.1, -0.05) is 30.3 Å². The van der Waals surface area contributed by atoms with Gasteiger partial charge in [0.05, 0.1) is 17.1 Å². The van der Waals surface area contributed by atoms with Crippen LogP contribution in [0.25, 0.3) is 11.0 Å². The van der Waals surface area contributed by atoms with Gasteiger partial charge in [0.1, 0.15) is 12.4 Å². The molecule has 0 aliphatic heterocycles. The summed E-state index contributed by atoms with van der Waals surface area (Å²) in [5.41, 5.74) is 2.31. The van der Waals surface area contributed by atoms with Crippen LogP contribution in [-0.4, -0.2) is 34.1 Å². The quantitative estimate of drug-likeness (QED) is 0.654. The van der Waals surface area contributed by atoms with Crippen LogP contribution in [0.15, 0.2) is 54.6 Å². The Morgan fingerprint density at radius 2 is 1.78 bits per heavy atom. The second kappa shape index (κ2) is 8.49. The molecule has 0 radical (unpaired) electrons. The molecule has 27 heavy (non-hydrogen) atoms. The lowest BCUT2D eigenvalue weighted by molar-refractivity contribution is -0.148. The highest BCUT2D eigenvalue weighted by atomic mass is 16.5. The molecule has 1 aromatic heterocycles. The molecule has 0 fully saturated rings. The number of benzene rings is 2. The van der Waals surface area contributed by atoms with E-state index in [1.165, 1.54) is 0 Å². The Labute approximate surface area is 158 Å². The molecule has 0 saturated heterocycles. The van der Waals surface area contributed by atoms with Gasteiger partial charge in [-0.25, -0.2) is 4.98 Å². The van der Waals surface area contributed by atoms with Gasteiger partial charge in [0, 0.05) is 18.5 Å². The molecule has 6 nitrogen and oxygen atoms in total. The molecule has 0 bridgehead atoms. The smallest absolute Gasteiger partial charge is 0.326 e. The summed E-state index contributed by atoms with van der Waals surface area (Å²) in [7, 11) is 0. The van der Waals surface area contributed by atoms with Crippen LogP contribution in [0.1, 0.15) is 30.0 Å². The third-order valence-corrected chi connectivity index (χ3v) is 4.06. The van der Waals surface area contributed by atoms with E-state index >= 15 is 0 Å². The molecule has 3 aromatic rings. The van der Waals surface area contributed by atoms with Gasteiger partial charge in [0.2, 0.25) is 0 Å². The molecule has 0 saturated carbocycles. The Kier molecular flexibility index (Phi) is 5.86. The third kappa shape index (κ3) is 4.73. The van der Waals surface area contributed by atoms with Gasteiger partial charge in [0.25, 0.3) is 5.91 Å². The molecule has 0 spiro atoms. The first-order valence-electron chi connectivity index (χ1n) is 9.01. The van der Waals surface area contributed by atoms with E-state index in [0.717, 1.165) is 16.9 Å². The number of fused-ring (bicyclic) bond motifs is 1. The minimum absolute atomic E-state index is 0.0979. The van der Waals surface area contributed by atoms with Gasteiger partial charge in [0.15, 0.2) is 0 Å². The maximum absolute atomic E-state index is 12.2. The Balaban J connectivity index is 1.72. The van der Waals surface area contributed by atoms with Crippen LogP contribution in [0, 0.1) is 0 Å². The maximum atomic E-state index is 12.2. The van der Waals surface area contributed by atoms with Crippen LogP contribution in [-0.2, 0) is 22.5 Å². The summed E-state index contributed by atoms with van der Waals surface area (Å²) in [5, 5.41) is 2.90. The number of hydrogen-bond donors (Lipinski definition) is 1. The highest BCUT2D eigenvalue weighted by Gasteiger charge is 2.15. The van der Waals surface area contributed by atoms with Crippen LogP contribution >= 0.6 is 0 Å². The van der Waals surface area contributed by atoms with E-state index in [2.05, 4.69) is 10.3 Å². The first kappa shape index (κ1) is 18.6. The number of rotatable bonds is 7. The van der Waals surface area contributed by atoms with Crippen molar-refractivity contribution in [1.29, 1.82) is 0 Å². The van der Waals surface area contributed by atoms with Crippen molar-refractivity contribution in [2.24, 2.45) is 0 Å². The molecule has 0 atom stereocenters. The van der Waals surface area contributed by atoms with Gasteiger partial charge in [-0.3, -0.25) is 9.59 Å². The fourth-order valence-electron chi connectivity index (χ4n) is 2.90. The summed E-state index contributed by atoms with van der Waals surface area (Å²) >= 11 is 0. The number of carbonyl (C=O) groups excluding carboxylic acids is 2. The Morgan fingerprint density at radius 1 is 1.07 bits per heavy atom. The van der Waals surface area contributed by atoms with E-state index in [-0.39, 0.29) is 24.5 Å². The van der Waals surface area contributed by atoms with E-state index < -0.39 is 0 Å². The van der Waals surface area contributed by atoms with E-state index in [4.69, 9.17) is 4.74 Å². The molecular weight excluding hydrogens is 342 g/mol. The van der Waals surface area contributed by atoms with Crippen molar-refractivity contribution in [3.8, 4) is 0 Å². The average molecular weight is 365 g/mol. The van der Waals surface area contributed by atoms with Gasteiger partial charge < -0.3 is 14.6 Å². The summed E-state index contributed by atoms with van der Waals surface area (Å²) in [4.78, 5) is 28.9. The number of nitrogens with one attached hydrogen (secondary N) is 1. The molecule has 0 aliphatic carbocycles. The number of carbonyl (C=O) groups is 2. The molecule has 1 N–H and O–H groups in total. The van der Waals surface area contributed by atoms with Crippen LogP contribution in [0.3, 0.4) is 0 Å². The minimum Gasteiger partial charge on any atom is -0.462 e. The Hall–Kier alpha value is -3.15. The van der Waals surface area contributed by atoms with Crippen LogP contribution in [0.2, 0.25) is 0 Å². The van der Waals surface area contributed by atoms with Crippen molar-refractivity contribution >= 4 is 22.9 Å². The third-order valence-electron chi connectivity index (χ3n) is 4.06. The number of hydrogen-bond acceptors (Lipinski definition) is 4. The lowest BCUT2D eigenvalue weighted by atomic mass is 10.2. The summed E-state index contributed by atoms with van der Waals surface area (Å²) < 4.78 is 7.13. The van der Waals surface area contributed by atoms with Gasteiger partial charge in [-0.05, 0) is 38.1 Å². The minimum atomic E-state index is -0.303. The molecule has 0 aliphatic rings. The Bertz CT molecular complexity index is 932. The van der Waals surface area contributed by atoms with Gasteiger partial charge in [-0.2, -0.15) is 0 Å². The Morgan fingerprint density at radius 3 is 2.52 bits per heavy atom. The fraction of sp³-hybridized carbons (Fsp3) is 0.286. The van der Waals surface area contributed by atoms with E-state index in [1.807, 2.05) is 60.9 Å². The first-order valence-corrected chi connectivity index (χ1v) is 9.01. The van der Waals surface area contributed by atoms with Gasteiger partial charge in [-0.15, -0.1) is 0 Å². The number of amides is 1.